The summed E-state index contributed by atoms with van der Waals surface area (Å²) in [6.07, 6.45) is 0. The number of carbonyl (C=O) groups is 1. The van der Waals surface area contributed by atoms with Crippen molar-refractivity contribution in [2.75, 3.05) is 13.6 Å². The SMILES string of the molecule is CC(Br)CN(C)C(=O)c1cc(Br)sc1Br. The summed E-state index contributed by atoms with van der Waals surface area (Å²) in [5.41, 5.74) is 0.711. The Labute approximate surface area is 118 Å². The molecule has 0 N–H and O–H groups in total. The minimum absolute atomic E-state index is 0.0372. The number of hydrogen-bond acceptors (Lipinski definition) is 2. The van der Waals surface area contributed by atoms with E-state index in [1.807, 2.05) is 13.0 Å². The molecule has 2 nitrogen and oxygen atoms in total. The van der Waals surface area contributed by atoms with Gasteiger partial charge >= 0.3 is 0 Å². The summed E-state index contributed by atoms with van der Waals surface area (Å²) in [4.78, 5) is 14.0. The Balaban J connectivity index is 2.80. The first kappa shape index (κ1) is 13.7. The molecule has 0 radical (unpaired) electrons. The van der Waals surface area contributed by atoms with Crippen LogP contribution in [0.3, 0.4) is 0 Å². The molecule has 1 amide bonds. The average Bonchev–Trinajstić information content (AvgIpc) is 2.42. The van der Waals surface area contributed by atoms with E-state index < -0.39 is 0 Å². The number of amides is 1. The second kappa shape index (κ2) is 5.80. The largest absolute Gasteiger partial charge is 0.341 e. The molecule has 1 heterocycles. The lowest BCUT2D eigenvalue weighted by molar-refractivity contribution is 0.0797. The van der Waals surface area contributed by atoms with E-state index in [0.717, 1.165) is 7.57 Å². The first-order chi connectivity index (χ1) is 6.91. The van der Waals surface area contributed by atoms with Crippen molar-refractivity contribution >= 4 is 65.0 Å². The highest BCUT2D eigenvalue weighted by Crippen LogP contribution is 2.32. The maximum absolute atomic E-state index is 12.0. The molecule has 0 aliphatic rings. The fraction of sp³-hybridized carbons (Fsp3) is 0.444. The summed E-state index contributed by atoms with van der Waals surface area (Å²) in [6.45, 7) is 2.71. The van der Waals surface area contributed by atoms with Crippen molar-refractivity contribution in [3.8, 4) is 0 Å². The highest BCUT2D eigenvalue weighted by Gasteiger charge is 2.18. The first-order valence-corrected chi connectivity index (χ1v) is 7.58. The van der Waals surface area contributed by atoms with Gasteiger partial charge in [-0.15, -0.1) is 11.3 Å². The zero-order chi connectivity index (χ0) is 11.6. The molecule has 1 unspecified atom stereocenters. The van der Waals surface area contributed by atoms with E-state index in [1.54, 1.807) is 11.9 Å². The Morgan fingerprint density at radius 2 is 2.20 bits per heavy atom. The highest BCUT2D eigenvalue weighted by molar-refractivity contribution is 9.12. The van der Waals surface area contributed by atoms with E-state index >= 15 is 0 Å². The fourth-order valence-corrected chi connectivity index (χ4v) is 4.36. The van der Waals surface area contributed by atoms with E-state index in [2.05, 4.69) is 47.8 Å². The van der Waals surface area contributed by atoms with Crippen LogP contribution in [0.5, 0.6) is 0 Å². The third kappa shape index (κ3) is 3.84. The van der Waals surface area contributed by atoms with Gasteiger partial charge in [-0.1, -0.05) is 22.9 Å². The number of nitrogens with zero attached hydrogens (tertiary/aromatic N) is 1. The lowest BCUT2D eigenvalue weighted by Gasteiger charge is -2.18. The minimum Gasteiger partial charge on any atom is -0.341 e. The standard InChI is InChI=1S/C9H10Br3NOS/c1-5(10)4-13(2)9(14)6-3-7(11)15-8(6)12/h3,5H,4H2,1-2H3. The summed E-state index contributed by atoms with van der Waals surface area (Å²) in [6, 6.07) is 1.84. The van der Waals surface area contributed by atoms with E-state index in [4.69, 9.17) is 0 Å². The molecule has 0 saturated heterocycles. The molecule has 1 rings (SSSR count). The maximum Gasteiger partial charge on any atom is 0.255 e. The third-order valence-electron chi connectivity index (χ3n) is 1.76. The van der Waals surface area contributed by atoms with Crippen molar-refractivity contribution in [3.05, 3.63) is 19.2 Å². The first-order valence-electron chi connectivity index (χ1n) is 4.26. The number of thiophene rings is 1. The molecule has 0 spiro atoms. The Bertz CT molecular complexity index is 364. The molecule has 84 valence electrons. The number of hydrogen-bond donors (Lipinski definition) is 0. The molecule has 1 aromatic rings. The predicted octanol–water partition coefficient (Wildman–Crippen LogP) is 4.13. The van der Waals surface area contributed by atoms with Gasteiger partial charge in [0.15, 0.2) is 0 Å². The Kier molecular flexibility index (Phi) is 5.28. The molecule has 0 fully saturated rings. The quantitative estimate of drug-likeness (QED) is 0.674. The van der Waals surface area contributed by atoms with Gasteiger partial charge in [-0.25, -0.2) is 0 Å². The van der Waals surface area contributed by atoms with Crippen molar-refractivity contribution in [2.24, 2.45) is 0 Å². The van der Waals surface area contributed by atoms with Gasteiger partial charge in [-0.3, -0.25) is 4.79 Å². The molecule has 1 atom stereocenters. The monoisotopic (exact) mass is 417 g/mol. The molecule has 0 aliphatic carbocycles. The second-order valence-corrected chi connectivity index (χ2v) is 8.52. The topological polar surface area (TPSA) is 20.3 Å². The van der Waals surface area contributed by atoms with Gasteiger partial charge in [0.25, 0.3) is 5.91 Å². The third-order valence-corrected chi connectivity index (χ3v) is 4.39. The zero-order valence-electron chi connectivity index (χ0n) is 8.26. The molecule has 0 aliphatic heterocycles. The molecule has 0 aromatic carbocycles. The average molecular weight is 420 g/mol. The summed E-state index contributed by atoms with van der Waals surface area (Å²) >= 11 is 11.7. The van der Waals surface area contributed by atoms with Gasteiger partial charge in [-0.2, -0.15) is 0 Å². The summed E-state index contributed by atoms with van der Waals surface area (Å²) in [7, 11) is 1.80. The van der Waals surface area contributed by atoms with Gasteiger partial charge < -0.3 is 4.90 Å². The van der Waals surface area contributed by atoms with Crippen molar-refractivity contribution in [1.29, 1.82) is 0 Å². The molecule has 0 saturated carbocycles. The lowest BCUT2D eigenvalue weighted by Crippen LogP contribution is -2.31. The van der Waals surface area contributed by atoms with Crippen LogP contribution in [0, 0.1) is 0 Å². The van der Waals surface area contributed by atoms with Gasteiger partial charge in [0, 0.05) is 18.4 Å². The molecule has 15 heavy (non-hydrogen) atoms. The van der Waals surface area contributed by atoms with Crippen LogP contribution < -0.4 is 0 Å². The van der Waals surface area contributed by atoms with E-state index in [0.29, 0.717) is 16.9 Å². The molecule has 6 heteroatoms. The van der Waals surface area contributed by atoms with E-state index in [9.17, 15) is 4.79 Å². The molecular formula is C9H10Br3NOS. The van der Waals surface area contributed by atoms with Crippen LogP contribution in [0.1, 0.15) is 17.3 Å². The van der Waals surface area contributed by atoms with Crippen LogP contribution >= 0.6 is 59.1 Å². The molecule has 1 aromatic heterocycles. The molecular weight excluding hydrogens is 410 g/mol. The van der Waals surface area contributed by atoms with Gasteiger partial charge in [0.2, 0.25) is 0 Å². The Morgan fingerprint density at radius 1 is 1.60 bits per heavy atom. The van der Waals surface area contributed by atoms with E-state index in [-0.39, 0.29) is 5.91 Å². The van der Waals surface area contributed by atoms with Gasteiger partial charge in [0.1, 0.15) is 0 Å². The number of rotatable bonds is 3. The second-order valence-electron chi connectivity index (χ2n) is 3.20. The fourth-order valence-electron chi connectivity index (χ4n) is 1.15. The van der Waals surface area contributed by atoms with E-state index in [1.165, 1.54) is 11.3 Å². The normalized spacial score (nSPS) is 12.6. The highest BCUT2D eigenvalue weighted by atomic mass is 79.9. The number of alkyl halides is 1. The number of halogens is 3. The summed E-state index contributed by atoms with van der Waals surface area (Å²) in [5.74, 6) is 0.0372. The van der Waals surface area contributed by atoms with Crippen molar-refractivity contribution in [3.63, 3.8) is 0 Å². The van der Waals surface area contributed by atoms with Crippen LogP contribution in [-0.2, 0) is 0 Å². The van der Waals surface area contributed by atoms with Gasteiger partial charge in [0.05, 0.1) is 13.1 Å². The Morgan fingerprint density at radius 3 is 2.60 bits per heavy atom. The van der Waals surface area contributed by atoms with Crippen molar-refractivity contribution in [2.45, 2.75) is 11.8 Å². The van der Waals surface area contributed by atoms with Crippen LogP contribution in [0.4, 0.5) is 0 Å². The Hall–Kier alpha value is 0.610. The summed E-state index contributed by atoms with van der Waals surface area (Å²) < 4.78 is 1.83. The van der Waals surface area contributed by atoms with Crippen LogP contribution in [0.15, 0.2) is 13.6 Å². The van der Waals surface area contributed by atoms with Gasteiger partial charge in [-0.05, 0) is 37.9 Å². The minimum atomic E-state index is 0.0372. The predicted molar refractivity (Wildman–Crippen MR) is 75.1 cm³/mol. The van der Waals surface area contributed by atoms with Crippen LogP contribution in [-0.4, -0.2) is 29.2 Å². The van der Waals surface area contributed by atoms with Crippen LogP contribution in [0.2, 0.25) is 0 Å². The smallest absolute Gasteiger partial charge is 0.255 e. The van der Waals surface area contributed by atoms with Crippen molar-refractivity contribution < 1.29 is 4.79 Å². The lowest BCUT2D eigenvalue weighted by atomic mass is 10.3. The van der Waals surface area contributed by atoms with Crippen LogP contribution in [0.25, 0.3) is 0 Å². The summed E-state index contributed by atoms with van der Waals surface area (Å²) in [5, 5.41) is 0. The molecule has 0 bridgehead atoms. The maximum atomic E-state index is 12.0. The number of carbonyl (C=O) groups excluding carboxylic acids is 1. The van der Waals surface area contributed by atoms with Crippen molar-refractivity contribution in [1.82, 2.24) is 4.90 Å². The zero-order valence-corrected chi connectivity index (χ0v) is 13.8.